The van der Waals surface area contributed by atoms with Crippen LogP contribution in [0.25, 0.3) is 11.5 Å². The molecule has 36 heavy (non-hydrogen) atoms. The maximum absolute atomic E-state index is 13.9. The highest BCUT2D eigenvalue weighted by Crippen LogP contribution is 2.24. The van der Waals surface area contributed by atoms with E-state index in [1.54, 1.807) is 6.92 Å². The van der Waals surface area contributed by atoms with Gasteiger partial charge >= 0.3 is 12.1 Å². The molecule has 1 N–H and O–H groups in total. The number of ether oxygens (including phenoxy) is 1. The van der Waals surface area contributed by atoms with Gasteiger partial charge in [0, 0.05) is 37.8 Å². The van der Waals surface area contributed by atoms with Crippen molar-refractivity contribution in [1.29, 1.82) is 0 Å². The number of hydrogen-bond acceptors (Lipinski definition) is 8. The van der Waals surface area contributed by atoms with Crippen molar-refractivity contribution in [2.24, 2.45) is 0 Å². The molecule has 2 heterocycles. The van der Waals surface area contributed by atoms with Crippen molar-refractivity contribution in [2.75, 3.05) is 38.1 Å². The number of piperazine rings is 1. The average Bonchev–Trinajstić information content (AvgIpc) is 3.32. The molecule has 1 fully saturated rings. The SMILES string of the molecule is CCOC(=O)N1CCN(S(=O)(=O)c2ccc(C(=O)Nc3nnc(-c4ccc(F)cc4F)o3)cc2)CC1. The van der Waals surface area contributed by atoms with E-state index in [2.05, 4.69) is 15.5 Å². The first-order chi connectivity index (χ1) is 17.2. The van der Waals surface area contributed by atoms with Gasteiger partial charge in [0.05, 0.1) is 17.1 Å². The molecule has 1 saturated heterocycles. The minimum absolute atomic E-state index is 0.0181. The monoisotopic (exact) mass is 521 g/mol. The maximum atomic E-state index is 13.9. The molecule has 11 nitrogen and oxygen atoms in total. The Labute approximate surface area is 204 Å². The molecule has 14 heteroatoms. The summed E-state index contributed by atoms with van der Waals surface area (Å²) in [7, 11) is -3.84. The highest BCUT2D eigenvalue weighted by Gasteiger charge is 2.30. The van der Waals surface area contributed by atoms with Gasteiger partial charge in [0.1, 0.15) is 11.6 Å². The quantitative estimate of drug-likeness (QED) is 0.523. The number of hydrogen-bond donors (Lipinski definition) is 1. The summed E-state index contributed by atoms with van der Waals surface area (Å²) in [6, 6.07) is 7.69. The third-order valence-electron chi connectivity index (χ3n) is 5.33. The predicted molar refractivity (Wildman–Crippen MR) is 121 cm³/mol. The zero-order chi connectivity index (χ0) is 25.9. The number of carbonyl (C=O) groups is 2. The summed E-state index contributed by atoms with van der Waals surface area (Å²) in [5, 5.41) is 9.60. The Balaban J connectivity index is 1.39. The van der Waals surface area contributed by atoms with E-state index in [4.69, 9.17) is 9.15 Å². The summed E-state index contributed by atoms with van der Waals surface area (Å²) in [6.07, 6.45) is -0.485. The molecular formula is C22H21F2N5O6S. The molecule has 190 valence electrons. The molecule has 3 aromatic rings. The second-order valence-corrected chi connectivity index (χ2v) is 9.54. The van der Waals surface area contributed by atoms with Gasteiger partial charge in [-0.2, -0.15) is 4.31 Å². The van der Waals surface area contributed by atoms with Crippen LogP contribution in [0.15, 0.2) is 51.8 Å². The summed E-state index contributed by atoms with van der Waals surface area (Å²) < 4.78 is 64.3. The topological polar surface area (TPSA) is 135 Å². The lowest BCUT2D eigenvalue weighted by Crippen LogP contribution is -2.50. The molecule has 0 unspecified atom stereocenters. The molecule has 0 radical (unpaired) electrons. The second kappa shape index (κ2) is 10.4. The Bertz CT molecular complexity index is 1370. The molecule has 0 saturated carbocycles. The normalized spacial score (nSPS) is 14.5. The number of sulfonamides is 1. The Hall–Kier alpha value is -3.91. The fourth-order valence-corrected chi connectivity index (χ4v) is 4.89. The largest absolute Gasteiger partial charge is 0.450 e. The Morgan fingerprint density at radius 2 is 1.75 bits per heavy atom. The van der Waals surface area contributed by atoms with Crippen LogP contribution in [-0.2, 0) is 14.8 Å². The van der Waals surface area contributed by atoms with E-state index >= 15 is 0 Å². The van der Waals surface area contributed by atoms with Gasteiger partial charge in [0.25, 0.3) is 11.8 Å². The van der Waals surface area contributed by atoms with Crippen LogP contribution in [0.1, 0.15) is 17.3 Å². The van der Waals surface area contributed by atoms with Crippen LogP contribution in [0.4, 0.5) is 19.6 Å². The maximum Gasteiger partial charge on any atom is 0.409 e. The van der Waals surface area contributed by atoms with E-state index in [1.165, 1.54) is 33.5 Å². The van der Waals surface area contributed by atoms with Gasteiger partial charge in [-0.05, 0) is 43.3 Å². The minimum atomic E-state index is -3.84. The number of rotatable bonds is 6. The molecule has 1 aromatic heterocycles. The lowest BCUT2D eigenvalue weighted by atomic mass is 10.2. The summed E-state index contributed by atoms with van der Waals surface area (Å²) >= 11 is 0. The van der Waals surface area contributed by atoms with Crippen LogP contribution >= 0.6 is 0 Å². The third kappa shape index (κ3) is 5.33. The smallest absolute Gasteiger partial charge is 0.409 e. The van der Waals surface area contributed by atoms with Crippen molar-refractivity contribution in [3.05, 3.63) is 59.7 Å². The number of amides is 2. The van der Waals surface area contributed by atoms with E-state index in [1.807, 2.05) is 0 Å². The van der Waals surface area contributed by atoms with Crippen LogP contribution in [0.3, 0.4) is 0 Å². The second-order valence-electron chi connectivity index (χ2n) is 7.61. The van der Waals surface area contributed by atoms with Crippen molar-refractivity contribution in [3.8, 4) is 11.5 Å². The van der Waals surface area contributed by atoms with Gasteiger partial charge in [0.2, 0.25) is 10.0 Å². The molecule has 0 spiro atoms. The molecular weight excluding hydrogens is 500 g/mol. The number of aromatic nitrogens is 2. The van der Waals surface area contributed by atoms with Crippen LogP contribution in [0.5, 0.6) is 0 Å². The van der Waals surface area contributed by atoms with Crippen molar-refractivity contribution in [3.63, 3.8) is 0 Å². The van der Waals surface area contributed by atoms with Crippen LogP contribution in [-0.4, -0.2) is 72.6 Å². The first-order valence-corrected chi connectivity index (χ1v) is 12.2. The van der Waals surface area contributed by atoms with Crippen molar-refractivity contribution < 1.29 is 35.9 Å². The van der Waals surface area contributed by atoms with E-state index in [0.717, 1.165) is 12.1 Å². The summed E-state index contributed by atoms with van der Waals surface area (Å²) in [4.78, 5) is 25.7. The molecule has 0 atom stereocenters. The zero-order valence-corrected chi connectivity index (χ0v) is 19.8. The van der Waals surface area contributed by atoms with Gasteiger partial charge in [0.15, 0.2) is 0 Å². The zero-order valence-electron chi connectivity index (χ0n) is 19.0. The number of anilines is 1. The first-order valence-electron chi connectivity index (χ1n) is 10.8. The number of nitrogens with one attached hydrogen (secondary N) is 1. The summed E-state index contributed by atoms with van der Waals surface area (Å²) in [5.41, 5.74) is -0.0316. The van der Waals surface area contributed by atoms with Gasteiger partial charge in [-0.3, -0.25) is 10.1 Å². The van der Waals surface area contributed by atoms with Gasteiger partial charge in [-0.25, -0.2) is 22.0 Å². The Morgan fingerprint density at radius 1 is 1.06 bits per heavy atom. The summed E-state index contributed by atoms with van der Waals surface area (Å²) in [5.74, 6) is -2.60. The van der Waals surface area contributed by atoms with Crippen molar-refractivity contribution in [2.45, 2.75) is 11.8 Å². The fraction of sp³-hybridized carbons (Fsp3) is 0.273. The van der Waals surface area contributed by atoms with E-state index in [0.29, 0.717) is 6.07 Å². The van der Waals surface area contributed by atoms with Crippen LogP contribution in [0.2, 0.25) is 0 Å². The van der Waals surface area contributed by atoms with E-state index in [-0.39, 0.29) is 60.7 Å². The minimum Gasteiger partial charge on any atom is -0.450 e. The van der Waals surface area contributed by atoms with Crippen molar-refractivity contribution >= 4 is 28.0 Å². The molecule has 2 amide bonds. The number of carbonyl (C=O) groups excluding carboxylic acids is 2. The molecule has 1 aliphatic heterocycles. The van der Waals surface area contributed by atoms with Crippen molar-refractivity contribution in [1.82, 2.24) is 19.4 Å². The van der Waals surface area contributed by atoms with Gasteiger partial charge in [-0.15, -0.1) is 5.10 Å². The van der Waals surface area contributed by atoms with Crippen LogP contribution in [0, 0.1) is 11.6 Å². The van der Waals surface area contributed by atoms with E-state index in [9.17, 15) is 26.8 Å². The first kappa shape index (κ1) is 25.2. The lowest BCUT2D eigenvalue weighted by Gasteiger charge is -2.33. The fourth-order valence-electron chi connectivity index (χ4n) is 3.47. The molecule has 0 aliphatic carbocycles. The Kier molecular flexibility index (Phi) is 7.26. The predicted octanol–water partition coefficient (Wildman–Crippen LogP) is 2.73. The standard InChI is InChI=1S/C22H21F2N5O6S/c1-2-34-22(31)28-9-11-29(12-10-28)36(32,33)16-6-3-14(4-7-16)19(30)25-21-27-26-20(35-21)17-8-5-15(23)13-18(17)24/h3-8,13H,2,9-12H2,1H3,(H,25,27,30). The Morgan fingerprint density at radius 3 is 2.39 bits per heavy atom. The van der Waals surface area contributed by atoms with E-state index < -0.39 is 33.7 Å². The highest BCUT2D eigenvalue weighted by molar-refractivity contribution is 7.89. The number of nitrogens with zero attached hydrogens (tertiary/aromatic N) is 4. The number of benzene rings is 2. The third-order valence-corrected chi connectivity index (χ3v) is 7.24. The molecule has 2 aromatic carbocycles. The molecule has 4 rings (SSSR count). The molecule has 0 bridgehead atoms. The van der Waals surface area contributed by atoms with Crippen LogP contribution < -0.4 is 5.32 Å². The van der Waals surface area contributed by atoms with Gasteiger partial charge in [-0.1, -0.05) is 5.10 Å². The molecule has 1 aliphatic rings. The summed E-state index contributed by atoms with van der Waals surface area (Å²) in [6.45, 7) is 2.54. The number of halogens is 2. The average molecular weight is 522 g/mol. The lowest BCUT2D eigenvalue weighted by molar-refractivity contribution is 0.0933. The highest BCUT2D eigenvalue weighted by atomic mass is 32.2. The van der Waals surface area contributed by atoms with Gasteiger partial charge < -0.3 is 14.1 Å².